The zero-order chi connectivity index (χ0) is 18.7. The van der Waals surface area contributed by atoms with Gasteiger partial charge in [0.05, 0.1) is 10.0 Å². The molecule has 26 heavy (non-hydrogen) atoms. The third-order valence-electron chi connectivity index (χ3n) is 3.58. The summed E-state index contributed by atoms with van der Waals surface area (Å²) in [6, 6.07) is 9.65. The Balaban J connectivity index is 1.81. The highest BCUT2D eigenvalue weighted by molar-refractivity contribution is 6.35. The van der Waals surface area contributed by atoms with E-state index in [-0.39, 0.29) is 23.1 Å². The topological polar surface area (TPSA) is 100 Å². The second-order valence-corrected chi connectivity index (χ2v) is 6.27. The van der Waals surface area contributed by atoms with Crippen molar-refractivity contribution in [1.29, 1.82) is 0 Å². The zero-order valence-electron chi connectivity index (χ0n) is 13.4. The number of anilines is 1. The summed E-state index contributed by atoms with van der Waals surface area (Å²) in [5, 5.41) is 14.8. The Morgan fingerprint density at radius 1 is 1.23 bits per heavy atom. The first-order valence-electron chi connectivity index (χ1n) is 7.62. The molecule has 1 aromatic carbocycles. The molecule has 3 aromatic rings. The highest BCUT2D eigenvalue weighted by Crippen LogP contribution is 2.20. The molecule has 0 aliphatic rings. The summed E-state index contributed by atoms with van der Waals surface area (Å²) < 4.78 is 1.07. The average molecular weight is 393 g/mol. The number of nitrogens with one attached hydrogen (secondary N) is 2. The molecule has 9 heteroatoms. The summed E-state index contributed by atoms with van der Waals surface area (Å²) in [6.45, 7) is 0.0573. The molecule has 0 fully saturated rings. The number of rotatable bonds is 5. The van der Waals surface area contributed by atoms with E-state index in [9.17, 15) is 9.59 Å². The van der Waals surface area contributed by atoms with E-state index in [0.29, 0.717) is 17.1 Å². The van der Waals surface area contributed by atoms with Crippen molar-refractivity contribution in [2.75, 3.05) is 11.9 Å². The number of H-pyrrole nitrogens is 1. The Hall–Kier alpha value is -2.61. The van der Waals surface area contributed by atoms with Crippen LogP contribution in [0.2, 0.25) is 10.0 Å². The van der Waals surface area contributed by atoms with Crippen LogP contribution in [0.1, 0.15) is 16.1 Å². The number of aliphatic hydroxyl groups excluding tert-OH is 1. The number of amides is 1. The molecular formula is C17H14Cl2N4O3. The van der Waals surface area contributed by atoms with Gasteiger partial charge in [0.2, 0.25) is 0 Å². The van der Waals surface area contributed by atoms with Crippen LogP contribution < -0.4 is 10.9 Å². The van der Waals surface area contributed by atoms with Crippen LogP contribution in [0.25, 0.3) is 5.82 Å². The Kier molecular flexibility index (Phi) is 5.41. The lowest BCUT2D eigenvalue weighted by atomic mass is 10.1. The van der Waals surface area contributed by atoms with E-state index in [0.717, 1.165) is 16.3 Å². The number of hydrogen-bond donors (Lipinski definition) is 3. The molecule has 3 rings (SSSR count). The van der Waals surface area contributed by atoms with Crippen molar-refractivity contribution < 1.29 is 9.90 Å². The number of benzene rings is 1. The quantitative estimate of drug-likeness (QED) is 0.621. The summed E-state index contributed by atoms with van der Waals surface area (Å²) in [4.78, 5) is 28.5. The van der Waals surface area contributed by atoms with Gasteiger partial charge in [-0.2, -0.15) is 4.68 Å². The van der Waals surface area contributed by atoms with Crippen molar-refractivity contribution >= 4 is 34.8 Å². The van der Waals surface area contributed by atoms with E-state index in [1.807, 2.05) is 0 Å². The van der Waals surface area contributed by atoms with Gasteiger partial charge in [-0.3, -0.25) is 14.7 Å². The average Bonchev–Trinajstić information content (AvgIpc) is 2.99. The maximum absolute atomic E-state index is 12.4. The summed E-state index contributed by atoms with van der Waals surface area (Å²) in [5.74, 6) is -0.339. The predicted molar refractivity (Wildman–Crippen MR) is 99.4 cm³/mol. The van der Waals surface area contributed by atoms with Crippen LogP contribution in [0, 0.1) is 0 Å². The fourth-order valence-electron chi connectivity index (χ4n) is 2.32. The monoisotopic (exact) mass is 392 g/mol. The van der Waals surface area contributed by atoms with Crippen molar-refractivity contribution in [3.05, 3.63) is 74.3 Å². The Labute approximate surface area is 158 Å². The van der Waals surface area contributed by atoms with Crippen molar-refractivity contribution in [2.45, 2.75) is 6.42 Å². The molecular weight excluding hydrogens is 379 g/mol. The number of carbonyl (C=O) groups excluding carboxylic acids is 1. The minimum atomic E-state index is -0.485. The number of aromatic nitrogens is 3. The predicted octanol–water partition coefficient (Wildman–Crippen LogP) is 2.65. The second kappa shape index (κ2) is 7.74. The lowest BCUT2D eigenvalue weighted by molar-refractivity contribution is 0.102. The van der Waals surface area contributed by atoms with E-state index >= 15 is 0 Å². The molecule has 2 heterocycles. The van der Waals surface area contributed by atoms with E-state index in [1.165, 1.54) is 12.3 Å². The molecule has 3 N–H and O–H groups in total. The van der Waals surface area contributed by atoms with Gasteiger partial charge < -0.3 is 10.4 Å². The van der Waals surface area contributed by atoms with Gasteiger partial charge in [0.15, 0.2) is 5.82 Å². The number of aromatic amines is 1. The molecule has 7 nitrogen and oxygen atoms in total. The van der Waals surface area contributed by atoms with Gasteiger partial charge in [-0.25, -0.2) is 4.98 Å². The number of hydrogen-bond acceptors (Lipinski definition) is 4. The molecule has 0 aliphatic carbocycles. The molecule has 0 atom stereocenters. The Morgan fingerprint density at radius 3 is 2.62 bits per heavy atom. The highest BCUT2D eigenvalue weighted by Gasteiger charge is 2.15. The minimum Gasteiger partial charge on any atom is -0.396 e. The van der Waals surface area contributed by atoms with Crippen LogP contribution in [0.3, 0.4) is 0 Å². The van der Waals surface area contributed by atoms with Crippen LogP contribution in [-0.4, -0.2) is 32.4 Å². The Morgan fingerprint density at radius 2 is 1.96 bits per heavy atom. The van der Waals surface area contributed by atoms with Gasteiger partial charge in [0.1, 0.15) is 5.69 Å². The maximum atomic E-state index is 12.4. The fourth-order valence-corrected chi connectivity index (χ4v) is 2.79. The van der Waals surface area contributed by atoms with E-state index in [1.54, 1.807) is 24.3 Å². The third kappa shape index (κ3) is 3.96. The molecule has 134 valence electrons. The zero-order valence-corrected chi connectivity index (χ0v) is 14.9. The summed E-state index contributed by atoms with van der Waals surface area (Å²) in [7, 11) is 0. The molecule has 0 unspecified atom stereocenters. The Bertz CT molecular complexity index is 996. The SMILES string of the molecule is O=C(Nc1ccc(CCO)cc1)c1cc(=O)n(-c2ncc(Cl)cc2Cl)[nH]1. The molecule has 1 amide bonds. The smallest absolute Gasteiger partial charge is 0.273 e. The standard InChI is InChI=1S/C17H14Cl2N4O3/c18-11-7-13(19)16(20-9-11)23-15(25)8-14(22-23)17(26)21-12-3-1-10(2-4-12)5-6-24/h1-4,7-9,22,24H,5-6H2,(H,21,26). The lowest BCUT2D eigenvalue weighted by Crippen LogP contribution is -2.16. The second-order valence-electron chi connectivity index (χ2n) is 5.43. The van der Waals surface area contributed by atoms with Crippen molar-refractivity contribution in [1.82, 2.24) is 14.8 Å². The van der Waals surface area contributed by atoms with Crippen molar-refractivity contribution in [3.8, 4) is 5.82 Å². The van der Waals surface area contributed by atoms with E-state index < -0.39 is 11.5 Å². The van der Waals surface area contributed by atoms with Crippen molar-refractivity contribution in [3.63, 3.8) is 0 Å². The normalized spacial score (nSPS) is 10.7. The molecule has 0 saturated heterocycles. The number of aliphatic hydroxyl groups is 1. The van der Waals surface area contributed by atoms with Gasteiger partial charge in [0.25, 0.3) is 11.5 Å². The number of nitrogens with zero attached hydrogens (tertiary/aromatic N) is 2. The lowest BCUT2D eigenvalue weighted by Gasteiger charge is -2.06. The molecule has 0 spiro atoms. The summed E-state index contributed by atoms with van der Waals surface area (Å²) in [6.07, 6.45) is 1.89. The van der Waals surface area contributed by atoms with Gasteiger partial charge in [-0.05, 0) is 30.2 Å². The number of carbonyl (C=O) groups is 1. The van der Waals surface area contributed by atoms with Gasteiger partial charge in [-0.15, -0.1) is 0 Å². The third-order valence-corrected chi connectivity index (χ3v) is 4.06. The van der Waals surface area contributed by atoms with Gasteiger partial charge >= 0.3 is 0 Å². The molecule has 0 saturated carbocycles. The largest absolute Gasteiger partial charge is 0.396 e. The number of halogens is 2. The van der Waals surface area contributed by atoms with Crippen molar-refractivity contribution in [2.24, 2.45) is 0 Å². The first-order chi connectivity index (χ1) is 12.5. The van der Waals surface area contributed by atoms with Crippen LogP contribution in [0.5, 0.6) is 0 Å². The fraction of sp³-hybridized carbons (Fsp3) is 0.118. The first-order valence-corrected chi connectivity index (χ1v) is 8.38. The number of pyridine rings is 1. The first kappa shape index (κ1) is 18.2. The molecule has 0 aliphatic heterocycles. The minimum absolute atomic E-state index is 0.0573. The molecule has 0 radical (unpaired) electrons. The summed E-state index contributed by atoms with van der Waals surface area (Å²) >= 11 is 11.8. The molecule has 0 bridgehead atoms. The van der Waals surface area contributed by atoms with Crippen LogP contribution in [0.4, 0.5) is 5.69 Å². The molecule has 2 aromatic heterocycles. The van der Waals surface area contributed by atoms with Gasteiger partial charge in [-0.1, -0.05) is 35.3 Å². The van der Waals surface area contributed by atoms with Gasteiger partial charge in [0, 0.05) is 24.6 Å². The van der Waals surface area contributed by atoms with Crippen LogP contribution in [-0.2, 0) is 6.42 Å². The van der Waals surface area contributed by atoms with E-state index in [4.69, 9.17) is 28.3 Å². The van der Waals surface area contributed by atoms with Crippen LogP contribution in [0.15, 0.2) is 47.4 Å². The van der Waals surface area contributed by atoms with Crippen LogP contribution >= 0.6 is 23.2 Å². The summed E-state index contributed by atoms with van der Waals surface area (Å²) in [5.41, 5.74) is 1.09. The van der Waals surface area contributed by atoms with E-state index in [2.05, 4.69) is 15.4 Å². The maximum Gasteiger partial charge on any atom is 0.273 e. The highest BCUT2D eigenvalue weighted by atomic mass is 35.5.